The van der Waals surface area contributed by atoms with Crippen LogP contribution in [-0.2, 0) is 16.1 Å². The second-order valence-corrected chi connectivity index (χ2v) is 3.69. The molecule has 0 bridgehead atoms. The van der Waals surface area contributed by atoms with Gasteiger partial charge in [-0.05, 0) is 12.8 Å². The fraction of sp³-hybridized carbons (Fsp3) is 0.600. The zero-order valence-corrected chi connectivity index (χ0v) is 9.06. The maximum Gasteiger partial charge on any atom is 0.158 e. The maximum atomic E-state index is 5.50. The lowest BCUT2D eigenvalue weighted by Gasteiger charge is -2.09. The number of nitrogen functional groups attached to an aromatic ring is 1. The summed E-state index contributed by atoms with van der Waals surface area (Å²) >= 11 is 0. The van der Waals surface area contributed by atoms with Crippen LogP contribution in [0.5, 0.6) is 0 Å². The van der Waals surface area contributed by atoms with E-state index in [1.807, 2.05) is 0 Å². The molecule has 2 rings (SSSR count). The van der Waals surface area contributed by atoms with Crippen LogP contribution in [0.1, 0.15) is 18.5 Å². The summed E-state index contributed by atoms with van der Waals surface area (Å²) in [5.41, 5.74) is 3.21. The molecule has 1 aromatic heterocycles. The van der Waals surface area contributed by atoms with Crippen LogP contribution in [-0.4, -0.2) is 29.3 Å². The molecule has 3 N–H and O–H groups in total. The molecule has 16 heavy (non-hydrogen) atoms. The Morgan fingerprint density at radius 1 is 1.50 bits per heavy atom. The van der Waals surface area contributed by atoms with Crippen LogP contribution in [0.2, 0.25) is 0 Å². The first kappa shape index (κ1) is 11.3. The van der Waals surface area contributed by atoms with Crippen molar-refractivity contribution in [1.29, 1.82) is 0 Å². The Labute approximate surface area is 94.1 Å². The van der Waals surface area contributed by atoms with E-state index in [4.69, 9.17) is 15.3 Å². The van der Waals surface area contributed by atoms with E-state index in [1.54, 1.807) is 12.4 Å². The van der Waals surface area contributed by atoms with Gasteiger partial charge in [0.25, 0.3) is 0 Å². The molecule has 1 aromatic rings. The van der Waals surface area contributed by atoms with E-state index in [1.165, 1.54) is 0 Å². The normalized spacial score (nSPS) is 19.9. The lowest BCUT2D eigenvalue weighted by atomic mass is 10.2. The smallest absolute Gasteiger partial charge is 0.158 e. The van der Waals surface area contributed by atoms with Gasteiger partial charge in [-0.3, -0.25) is 4.98 Å². The summed E-state index contributed by atoms with van der Waals surface area (Å²) in [7, 11) is 0. The number of hydrogen-bond acceptors (Lipinski definition) is 6. The number of ether oxygens (including phenoxy) is 2. The van der Waals surface area contributed by atoms with Crippen LogP contribution in [0.3, 0.4) is 0 Å². The molecule has 1 saturated heterocycles. The maximum absolute atomic E-state index is 5.50. The lowest BCUT2D eigenvalue weighted by Crippen LogP contribution is -2.14. The molecule has 6 heteroatoms. The van der Waals surface area contributed by atoms with Crippen molar-refractivity contribution in [3.8, 4) is 0 Å². The van der Waals surface area contributed by atoms with Gasteiger partial charge in [0, 0.05) is 6.61 Å². The third-order valence-electron chi connectivity index (χ3n) is 2.43. The van der Waals surface area contributed by atoms with E-state index in [-0.39, 0.29) is 6.10 Å². The van der Waals surface area contributed by atoms with E-state index in [9.17, 15) is 0 Å². The van der Waals surface area contributed by atoms with Crippen LogP contribution in [0.15, 0.2) is 12.4 Å². The SMILES string of the molecule is NNc1cnc(COCC2CCCO2)cn1. The Bertz CT molecular complexity index is 311. The van der Waals surface area contributed by atoms with E-state index < -0.39 is 0 Å². The standard InChI is InChI=1S/C10H16N4O2/c11-14-10-5-12-8(4-13-10)6-15-7-9-2-1-3-16-9/h4-5,9H,1-3,6-7,11H2,(H,13,14). The Kier molecular flexibility index (Phi) is 4.03. The Balaban J connectivity index is 1.71. The molecule has 0 radical (unpaired) electrons. The highest BCUT2D eigenvalue weighted by atomic mass is 16.5. The molecule has 0 aliphatic carbocycles. The minimum atomic E-state index is 0.248. The van der Waals surface area contributed by atoms with Crippen molar-refractivity contribution >= 4 is 5.82 Å². The monoisotopic (exact) mass is 224 g/mol. The first-order valence-corrected chi connectivity index (χ1v) is 5.35. The van der Waals surface area contributed by atoms with Crippen LogP contribution in [0, 0.1) is 0 Å². The summed E-state index contributed by atoms with van der Waals surface area (Å²) in [5.74, 6) is 5.73. The summed E-state index contributed by atoms with van der Waals surface area (Å²) in [6.07, 6.45) is 5.68. The zero-order chi connectivity index (χ0) is 11.2. The van der Waals surface area contributed by atoms with Crippen molar-refractivity contribution in [3.05, 3.63) is 18.1 Å². The third kappa shape index (κ3) is 3.13. The van der Waals surface area contributed by atoms with Gasteiger partial charge in [-0.2, -0.15) is 0 Å². The predicted octanol–water partition coefficient (Wildman–Crippen LogP) is 0.458. The van der Waals surface area contributed by atoms with Crippen molar-refractivity contribution in [1.82, 2.24) is 9.97 Å². The summed E-state index contributed by atoms with van der Waals surface area (Å²) in [6, 6.07) is 0. The van der Waals surface area contributed by atoms with Crippen LogP contribution in [0.4, 0.5) is 5.82 Å². The van der Waals surface area contributed by atoms with Crippen molar-refractivity contribution in [2.45, 2.75) is 25.6 Å². The Morgan fingerprint density at radius 3 is 3.06 bits per heavy atom. The van der Waals surface area contributed by atoms with Gasteiger partial charge in [-0.25, -0.2) is 10.8 Å². The van der Waals surface area contributed by atoms with Gasteiger partial charge in [-0.1, -0.05) is 0 Å². The van der Waals surface area contributed by atoms with Crippen LogP contribution in [0.25, 0.3) is 0 Å². The molecule has 0 spiro atoms. The van der Waals surface area contributed by atoms with E-state index in [2.05, 4.69) is 15.4 Å². The highest BCUT2D eigenvalue weighted by molar-refractivity contribution is 5.28. The van der Waals surface area contributed by atoms with Crippen molar-refractivity contribution in [3.63, 3.8) is 0 Å². The van der Waals surface area contributed by atoms with Gasteiger partial charge in [0.05, 0.1) is 37.4 Å². The molecule has 0 amide bonds. The number of rotatable bonds is 5. The van der Waals surface area contributed by atoms with Crippen LogP contribution >= 0.6 is 0 Å². The first-order valence-electron chi connectivity index (χ1n) is 5.35. The highest BCUT2D eigenvalue weighted by Gasteiger charge is 2.15. The van der Waals surface area contributed by atoms with Gasteiger partial charge in [-0.15, -0.1) is 0 Å². The number of aromatic nitrogens is 2. The molecule has 1 fully saturated rings. The lowest BCUT2D eigenvalue weighted by molar-refractivity contribution is 0.00958. The van der Waals surface area contributed by atoms with Gasteiger partial charge in [0.1, 0.15) is 0 Å². The summed E-state index contributed by atoms with van der Waals surface area (Å²) in [5, 5.41) is 0. The molecule has 1 unspecified atom stereocenters. The Hall–Kier alpha value is -1.24. The van der Waals surface area contributed by atoms with E-state index >= 15 is 0 Å². The third-order valence-corrected chi connectivity index (χ3v) is 2.43. The minimum absolute atomic E-state index is 0.248. The molecular weight excluding hydrogens is 208 g/mol. The van der Waals surface area contributed by atoms with Crippen molar-refractivity contribution in [2.75, 3.05) is 18.6 Å². The second kappa shape index (κ2) is 5.74. The van der Waals surface area contributed by atoms with Crippen molar-refractivity contribution < 1.29 is 9.47 Å². The largest absolute Gasteiger partial charge is 0.376 e. The Morgan fingerprint density at radius 2 is 2.44 bits per heavy atom. The quantitative estimate of drug-likeness (QED) is 0.558. The van der Waals surface area contributed by atoms with Gasteiger partial charge < -0.3 is 14.9 Å². The van der Waals surface area contributed by atoms with Gasteiger partial charge >= 0.3 is 0 Å². The minimum Gasteiger partial charge on any atom is -0.376 e. The molecule has 1 atom stereocenters. The average Bonchev–Trinajstić information content (AvgIpc) is 2.83. The number of hydrazine groups is 1. The molecule has 1 aliphatic rings. The highest BCUT2D eigenvalue weighted by Crippen LogP contribution is 2.12. The number of anilines is 1. The topological polar surface area (TPSA) is 82.3 Å². The number of nitrogens with zero attached hydrogens (tertiary/aromatic N) is 2. The average molecular weight is 224 g/mol. The molecule has 2 heterocycles. The molecule has 1 aliphatic heterocycles. The summed E-state index contributed by atoms with van der Waals surface area (Å²) in [6.45, 7) is 1.93. The predicted molar refractivity (Wildman–Crippen MR) is 58.5 cm³/mol. The number of nitrogens with two attached hydrogens (primary N) is 1. The zero-order valence-electron chi connectivity index (χ0n) is 9.06. The van der Waals surface area contributed by atoms with E-state index in [0.717, 1.165) is 25.1 Å². The fourth-order valence-electron chi connectivity index (χ4n) is 1.57. The van der Waals surface area contributed by atoms with Gasteiger partial charge in [0.2, 0.25) is 0 Å². The fourth-order valence-corrected chi connectivity index (χ4v) is 1.57. The first-order chi connectivity index (χ1) is 7.88. The molecule has 88 valence electrons. The van der Waals surface area contributed by atoms with Crippen molar-refractivity contribution in [2.24, 2.45) is 5.84 Å². The van der Waals surface area contributed by atoms with E-state index in [0.29, 0.717) is 19.0 Å². The molecule has 0 saturated carbocycles. The number of hydrogen-bond donors (Lipinski definition) is 2. The number of nitrogens with one attached hydrogen (secondary N) is 1. The second-order valence-electron chi connectivity index (χ2n) is 3.69. The molecule has 6 nitrogen and oxygen atoms in total. The summed E-state index contributed by atoms with van der Waals surface area (Å²) < 4.78 is 10.9. The molecular formula is C10H16N4O2. The van der Waals surface area contributed by atoms with Crippen LogP contribution < -0.4 is 11.3 Å². The van der Waals surface area contributed by atoms with Gasteiger partial charge in [0.15, 0.2) is 5.82 Å². The summed E-state index contributed by atoms with van der Waals surface area (Å²) in [4.78, 5) is 8.18. The molecule has 0 aromatic carbocycles.